The van der Waals surface area contributed by atoms with Crippen molar-refractivity contribution in [3.63, 3.8) is 0 Å². The van der Waals surface area contributed by atoms with Crippen LogP contribution < -0.4 is 4.90 Å². The van der Waals surface area contributed by atoms with Crippen molar-refractivity contribution >= 4 is 12.0 Å². The number of nitrogens with zero attached hydrogens (tertiary/aromatic N) is 1. The van der Waals surface area contributed by atoms with Crippen molar-refractivity contribution < 1.29 is 4.79 Å². The molecule has 0 spiro atoms. The molecule has 1 radical (unpaired) electrons. The zero-order valence-electron chi connectivity index (χ0n) is 11.7. The summed E-state index contributed by atoms with van der Waals surface area (Å²) in [6.45, 7) is 2.39. The number of rotatable bonds is 7. The second-order valence-electron chi connectivity index (χ2n) is 5.53. The van der Waals surface area contributed by atoms with E-state index in [1.54, 1.807) is 0 Å². The van der Waals surface area contributed by atoms with Crippen LogP contribution in [-0.4, -0.2) is 19.4 Å². The molecule has 1 atom stereocenters. The Balaban J connectivity index is 1.73. The maximum absolute atomic E-state index is 10.1. The van der Waals surface area contributed by atoms with Gasteiger partial charge in [0.25, 0.3) is 0 Å². The number of piperidine rings is 1. The number of hydrogen-bond donors (Lipinski definition) is 0. The van der Waals surface area contributed by atoms with E-state index in [4.69, 9.17) is 0 Å². The van der Waals surface area contributed by atoms with Crippen LogP contribution >= 0.6 is 0 Å². The summed E-state index contributed by atoms with van der Waals surface area (Å²) in [7, 11) is 0. The Morgan fingerprint density at radius 3 is 2.79 bits per heavy atom. The van der Waals surface area contributed by atoms with Crippen LogP contribution in [0.5, 0.6) is 0 Å². The summed E-state index contributed by atoms with van der Waals surface area (Å²) in [4.78, 5) is 12.7. The predicted octanol–water partition coefficient (Wildman–Crippen LogP) is 3.96. The summed E-state index contributed by atoms with van der Waals surface area (Å²) >= 11 is 0. The summed E-state index contributed by atoms with van der Waals surface area (Å²) in [6, 6.07) is 10.7. The molecule has 2 rings (SSSR count). The third-order valence-corrected chi connectivity index (χ3v) is 4.03. The van der Waals surface area contributed by atoms with Gasteiger partial charge in [0.05, 0.1) is 0 Å². The Morgan fingerprint density at radius 2 is 2.00 bits per heavy atom. The fourth-order valence-corrected chi connectivity index (χ4v) is 2.98. The molecule has 0 saturated carbocycles. The topological polar surface area (TPSA) is 20.3 Å². The van der Waals surface area contributed by atoms with Crippen molar-refractivity contribution in [3.05, 3.63) is 30.3 Å². The number of unbranched alkanes of at least 4 members (excludes halogenated alkanes) is 3. The van der Waals surface area contributed by atoms with E-state index in [9.17, 15) is 4.79 Å². The van der Waals surface area contributed by atoms with Crippen LogP contribution in [0.25, 0.3) is 0 Å². The quantitative estimate of drug-likeness (QED) is 0.690. The van der Waals surface area contributed by atoms with Crippen LogP contribution in [0.4, 0.5) is 5.69 Å². The second kappa shape index (κ2) is 7.98. The second-order valence-corrected chi connectivity index (χ2v) is 5.53. The van der Waals surface area contributed by atoms with Crippen molar-refractivity contribution in [1.29, 1.82) is 0 Å². The molecule has 1 aliphatic rings. The zero-order valence-corrected chi connectivity index (χ0v) is 11.7. The van der Waals surface area contributed by atoms with Gasteiger partial charge in [0.15, 0.2) is 6.29 Å². The Labute approximate surface area is 116 Å². The van der Waals surface area contributed by atoms with Crippen molar-refractivity contribution in [2.45, 2.75) is 44.9 Å². The van der Waals surface area contributed by atoms with Crippen LogP contribution in [0.15, 0.2) is 30.3 Å². The number of hydrogen-bond acceptors (Lipinski definition) is 2. The number of carbonyl (C=O) groups excluding carboxylic acids is 1. The lowest BCUT2D eigenvalue weighted by Gasteiger charge is -2.34. The molecular formula is C17H24NO. The average molecular weight is 258 g/mol. The van der Waals surface area contributed by atoms with Gasteiger partial charge in [0.2, 0.25) is 0 Å². The molecule has 0 bridgehead atoms. The lowest BCUT2D eigenvalue weighted by atomic mass is 9.92. The van der Waals surface area contributed by atoms with Gasteiger partial charge >= 0.3 is 0 Å². The van der Waals surface area contributed by atoms with E-state index in [0.717, 1.165) is 12.3 Å². The van der Waals surface area contributed by atoms with Crippen molar-refractivity contribution in [1.82, 2.24) is 0 Å². The highest BCUT2D eigenvalue weighted by atomic mass is 16.1. The smallest absolute Gasteiger partial charge is 0.198 e. The number of anilines is 1. The maximum atomic E-state index is 10.1. The van der Waals surface area contributed by atoms with Gasteiger partial charge < -0.3 is 4.90 Å². The molecule has 0 aromatic heterocycles. The molecule has 1 aromatic rings. The molecule has 2 nitrogen and oxygen atoms in total. The van der Waals surface area contributed by atoms with Crippen molar-refractivity contribution in [2.75, 3.05) is 18.0 Å². The molecule has 1 unspecified atom stereocenters. The maximum Gasteiger partial charge on any atom is 0.198 e. The van der Waals surface area contributed by atoms with Crippen molar-refractivity contribution in [3.8, 4) is 0 Å². The lowest BCUT2D eigenvalue weighted by Crippen LogP contribution is -2.35. The zero-order chi connectivity index (χ0) is 13.3. The van der Waals surface area contributed by atoms with E-state index in [0.29, 0.717) is 6.42 Å². The van der Waals surface area contributed by atoms with Gasteiger partial charge in [0.1, 0.15) is 0 Å². The number of benzene rings is 1. The number of para-hydroxylation sites is 1. The summed E-state index contributed by atoms with van der Waals surface area (Å²) in [5.41, 5.74) is 1.36. The Hall–Kier alpha value is -1.31. The molecule has 1 saturated heterocycles. The van der Waals surface area contributed by atoms with Gasteiger partial charge in [-0.2, -0.15) is 0 Å². The van der Waals surface area contributed by atoms with Gasteiger partial charge in [0, 0.05) is 25.2 Å². The Bertz CT molecular complexity index is 363. The highest BCUT2D eigenvalue weighted by Crippen LogP contribution is 2.26. The first-order chi connectivity index (χ1) is 9.40. The first kappa shape index (κ1) is 14.1. The third kappa shape index (κ3) is 4.70. The highest BCUT2D eigenvalue weighted by Gasteiger charge is 2.19. The molecule has 1 aromatic carbocycles. The summed E-state index contributed by atoms with van der Waals surface area (Å²) in [6.07, 6.45) is 10.0. The van der Waals surface area contributed by atoms with Gasteiger partial charge in [-0.05, 0) is 43.7 Å². The fraction of sp³-hybridized carbons (Fsp3) is 0.588. The van der Waals surface area contributed by atoms with Crippen LogP contribution in [-0.2, 0) is 4.79 Å². The molecule has 0 amide bonds. The Morgan fingerprint density at radius 1 is 1.16 bits per heavy atom. The minimum atomic E-state index is 0.612. The molecular weight excluding hydrogens is 234 g/mol. The third-order valence-electron chi connectivity index (χ3n) is 4.03. The van der Waals surface area contributed by atoms with Gasteiger partial charge in [-0.1, -0.05) is 31.0 Å². The average Bonchev–Trinajstić information content (AvgIpc) is 2.48. The lowest BCUT2D eigenvalue weighted by molar-refractivity contribution is 0.377. The molecule has 1 aliphatic heterocycles. The van der Waals surface area contributed by atoms with E-state index in [1.807, 2.05) is 6.29 Å². The van der Waals surface area contributed by atoms with Crippen molar-refractivity contribution in [2.24, 2.45) is 5.92 Å². The normalized spacial score (nSPS) is 19.4. The molecule has 2 heteroatoms. The summed E-state index contributed by atoms with van der Waals surface area (Å²) in [5, 5.41) is 0. The standard InChI is InChI=1S/C17H24NO/c19-14-7-2-1-4-9-16-10-8-13-18(15-16)17-11-5-3-6-12-17/h3,5-6,11-12,16H,1-2,4,7-10,13,15H2. The first-order valence-electron chi connectivity index (χ1n) is 7.55. The monoisotopic (exact) mass is 258 g/mol. The van der Waals surface area contributed by atoms with E-state index >= 15 is 0 Å². The molecule has 1 fully saturated rings. The molecule has 103 valence electrons. The van der Waals surface area contributed by atoms with Crippen LogP contribution in [0.1, 0.15) is 44.9 Å². The summed E-state index contributed by atoms with van der Waals surface area (Å²) in [5.74, 6) is 0.828. The molecule has 19 heavy (non-hydrogen) atoms. The largest absolute Gasteiger partial charge is 0.371 e. The van der Waals surface area contributed by atoms with E-state index < -0.39 is 0 Å². The van der Waals surface area contributed by atoms with Gasteiger partial charge in [-0.15, -0.1) is 0 Å². The molecule has 0 N–H and O–H groups in total. The van der Waals surface area contributed by atoms with Crippen LogP contribution in [0.3, 0.4) is 0 Å². The fourth-order valence-electron chi connectivity index (χ4n) is 2.98. The van der Waals surface area contributed by atoms with E-state index in [1.165, 1.54) is 50.9 Å². The SMILES string of the molecule is O=[C]CCCCCC1CCCN(c2ccccc2)C1. The molecule has 1 heterocycles. The van der Waals surface area contributed by atoms with Gasteiger partial charge in [-0.25, -0.2) is 0 Å². The molecule has 0 aliphatic carbocycles. The van der Waals surface area contributed by atoms with E-state index in [2.05, 4.69) is 35.2 Å². The van der Waals surface area contributed by atoms with Crippen LogP contribution in [0.2, 0.25) is 0 Å². The Kier molecular flexibility index (Phi) is 5.93. The minimum absolute atomic E-state index is 0.612. The van der Waals surface area contributed by atoms with Gasteiger partial charge in [-0.3, -0.25) is 4.79 Å². The highest BCUT2D eigenvalue weighted by molar-refractivity contribution is 5.50. The van der Waals surface area contributed by atoms with Crippen LogP contribution in [0, 0.1) is 5.92 Å². The van der Waals surface area contributed by atoms with E-state index in [-0.39, 0.29) is 0 Å². The predicted molar refractivity (Wildman–Crippen MR) is 80.2 cm³/mol. The first-order valence-corrected chi connectivity index (χ1v) is 7.55. The summed E-state index contributed by atoms with van der Waals surface area (Å²) < 4.78 is 0. The minimum Gasteiger partial charge on any atom is -0.371 e.